The molecule has 5 heterocycles. The summed E-state index contributed by atoms with van der Waals surface area (Å²) in [6.45, 7) is 6.00. The van der Waals surface area contributed by atoms with E-state index in [9.17, 15) is 9.90 Å². The summed E-state index contributed by atoms with van der Waals surface area (Å²) in [4.78, 5) is 38.2. The summed E-state index contributed by atoms with van der Waals surface area (Å²) in [6.07, 6.45) is 2.03. The van der Waals surface area contributed by atoms with E-state index in [0.29, 0.717) is 62.2 Å². The monoisotopic (exact) mass is 547 g/mol. The summed E-state index contributed by atoms with van der Waals surface area (Å²) >= 11 is 0. The number of aromatic nitrogens is 6. The zero-order valence-corrected chi connectivity index (χ0v) is 23.7. The highest BCUT2D eigenvalue weighted by molar-refractivity contribution is 5.86. The van der Waals surface area contributed by atoms with Gasteiger partial charge in [-0.3, -0.25) is 14.3 Å². The topological polar surface area (TPSA) is 118 Å². The molecule has 2 saturated heterocycles. The fourth-order valence-electron chi connectivity index (χ4n) is 5.86. The minimum Gasteiger partial charge on any atom is -0.381 e. The van der Waals surface area contributed by atoms with Gasteiger partial charge in [-0.15, -0.1) is 0 Å². The first-order valence-corrected chi connectivity index (χ1v) is 14.0. The number of β-amino-alcohol motifs (C(OH)–C–C–N with tert-alkyl or cyclic N) is 1. The summed E-state index contributed by atoms with van der Waals surface area (Å²) in [5.41, 5.74) is 1.92. The van der Waals surface area contributed by atoms with Gasteiger partial charge in [0.2, 0.25) is 11.9 Å². The molecule has 2 aliphatic heterocycles. The van der Waals surface area contributed by atoms with Crippen molar-refractivity contribution >= 4 is 33.9 Å². The Balaban J connectivity index is 1.49. The number of likely N-dealkylation sites (N-methyl/N-ethyl adjacent to an activating group) is 1. The molecule has 6 rings (SSSR count). The molecular formula is C28H37N9O3. The van der Waals surface area contributed by atoms with Crippen molar-refractivity contribution < 1.29 is 14.6 Å². The number of carbonyl (C=O) groups is 1. The minimum atomic E-state index is -1.22. The van der Waals surface area contributed by atoms with E-state index in [4.69, 9.17) is 24.7 Å². The zero-order chi connectivity index (χ0) is 28.0. The van der Waals surface area contributed by atoms with Gasteiger partial charge in [-0.2, -0.15) is 9.97 Å². The van der Waals surface area contributed by atoms with E-state index < -0.39 is 5.60 Å². The van der Waals surface area contributed by atoms with Crippen LogP contribution >= 0.6 is 0 Å². The van der Waals surface area contributed by atoms with Crippen molar-refractivity contribution in [3.63, 3.8) is 0 Å². The number of nitrogens with zero attached hydrogens (tertiary/aromatic N) is 9. The van der Waals surface area contributed by atoms with Gasteiger partial charge in [-0.25, -0.2) is 9.97 Å². The minimum absolute atomic E-state index is 0.0126. The maximum absolute atomic E-state index is 12.4. The normalized spacial score (nSPS) is 20.5. The lowest BCUT2D eigenvalue weighted by atomic mass is 9.92. The predicted molar refractivity (Wildman–Crippen MR) is 152 cm³/mol. The molecular weight excluding hydrogens is 510 g/mol. The predicted octanol–water partition coefficient (Wildman–Crippen LogP) is 1.47. The van der Waals surface area contributed by atoms with Crippen molar-refractivity contribution in [2.45, 2.75) is 31.8 Å². The molecule has 1 aromatic carbocycles. The van der Waals surface area contributed by atoms with Crippen LogP contribution in [0.4, 0.5) is 5.82 Å². The summed E-state index contributed by atoms with van der Waals surface area (Å²) < 4.78 is 9.55. The quantitative estimate of drug-likeness (QED) is 0.383. The molecule has 4 aromatic rings. The Morgan fingerprint density at radius 2 is 1.88 bits per heavy atom. The van der Waals surface area contributed by atoms with E-state index in [-0.39, 0.29) is 12.5 Å². The average molecular weight is 548 g/mol. The molecule has 0 bridgehead atoms. The first-order valence-electron chi connectivity index (χ1n) is 14.0. The highest BCUT2D eigenvalue weighted by Crippen LogP contribution is 2.35. The van der Waals surface area contributed by atoms with Gasteiger partial charge in [-0.1, -0.05) is 19.1 Å². The summed E-state index contributed by atoms with van der Waals surface area (Å²) in [5.74, 6) is 2.69. The van der Waals surface area contributed by atoms with Crippen LogP contribution < -0.4 is 4.90 Å². The standard InChI is InChI=1S/C28H37N9O3/c1-5-21-29-19-9-6-7-10-20(19)37(21)27-31-24-23(25(32-27)36-13-15-40-16-14-36)30-26(34(24)4)28(39)11-8-12-35(18-28)17-22(38)33(2)3/h6-7,9-10,39H,5,8,11-18H2,1-4H3. The number of aryl methyl sites for hydroxylation is 2. The van der Waals surface area contributed by atoms with Gasteiger partial charge in [0, 0.05) is 47.2 Å². The lowest BCUT2D eigenvalue weighted by molar-refractivity contribution is -0.132. The number of piperidine rings is 1. The number of hydrogen-bond donors (Lipinski definition) is 1. The van der Waals surface area contributed by atoms with E-state index >= 15 is 0 Å². The Kier molecular flexibility index (Phi) is 6.93. The summed E-state index contributed by atoms with van der Waals surface area (Å²) in [5, 5.41) is 12.0. The number of imidazole rings is 2. The van der Waals surface area contributed by atoms with Gasteiger partial charge >= 0.3 is 0 Å². The van der Waals surface area contributed by atoms with E-state index in [1.54, 1.807) is 19.0 Å². The van der Waals surface area contributed by atoms with Gasteiger partial charge in [0.25, 0.3) is 0 Å². The zero-order valence-electron chi connectivity index (χ0n) is 23.7. The number of hydrogen-bond acceptors (Lipinski definition) is 9. The number of fused-ring (bicyclic) bond motifs is 2. The molecule has 1 unspecified atom stereocenters. The second-order valence-electron chi connectivity index (χ2n) is 11.0. The van der Waals surface area contributed by atoms with Crippen molar-refractivity contribution in [3.05, 3.63) is 35.9 Å². The number of benzene rings is 1. The smallest absolute Gasteiger partial charge is 0.239 e. The Labute approximate surface area is 233 Å². The van der Waals surface area contributed by atoms with E-state index in [2.05, 4.69) is 11.8 Å². The molecule has 12 heteroatoms. The number of aliphatic hydroxyl groups is 1. The van der Waals surface area contributed by atoms with Crippen LogP contribution in [0.5, 0.6) is 0 Å². The van der Waals surface area contributed by atoms with Crippen LogP contribution in [-0.2, 0) is 28.6 Å². The second-order valence-corrected chi connectivity index (χ2v) is 11.0. The molecule has 0 saturated carbocycles. The van der Waals surface area contributed by atoms with Crippen molar-refractivity contribution in [3.8, 4) is 5.95 Å². The third-order valence-electron chi connectivity index (χ3n) is 7.97. The molecule has 1 amide bonds. The number of carbonyl (C=O) groups excluding carboxylic acids is 1. The molecule has 2 aliphatic rings. The molecule has 12 nitrogen and oxygen atoms in total. The fraction of sp³-hybridized carbons (Fsp3) is 0.536. The SMILES string of the molecule is CCc1nc2ccccc2n1-c1nc(N2CCOCC2)c2nc(C3(O)CCCN(CC(=O)N(C)C)C3)n(C)c2n1. The molecule has 212 valence electrons. The van der Waals surface area contributed by atoms with Gasteiger partial charge in [0.1, 0.15) is 17.2 Å². The van der Waals surface area contributed by atoms with Crippen LogP contribution in [0.2, 0.25) is 0 Å². The van der Waals surface area contributed by atoms with Crippen LogP contribution in [0.15, 0.2) is 24.3 Å². The Bertz CT molecular complexity index is 1560. The second kappa shape index (κ2) is 10.4. The largest absolute Gasteiger partial charge is 0.381 e. The maximum Gasteiger partial charge on any atom is 0.239 e. The average Bonchev–Trinajstić information content (AvgIpc) is 3.51. The number of rotatable bonds is 6. The van der Waals surface area contributed by atoms with Crippen molar-refractivity contribution in [2.24, 2.45) is 7.05 Å². The number of likely N-dealkylation sites (tertiary alicyclic amines) is 1. The highest BCUT2D eigenvalue weighted by atomic mass is 16.5. The number of para-hydroxylation sites is 2. The Hall–Kier alpha value is -3.61. The lowest BCUT2D eigenvalue weighted by Gasteiger charge is -2.38. The van der Waals surface area contributed by atoms with E-state index in [1.165, 1.54) is 0 Å². The van der Waals surface area contributed by atoms with Crippen LogP contribution in [0.3, 0.4) is 0 Å². The lowest BCUT2D eigenvalue weighted by Crippen LogP contribution is -2.50. The molecule has 1 N–H and O–H groups in total. The van der Waals surface area contributed by atoms with Crippen LogP contribution in [0.25, 0.3) is 28.1 Å². The van der Waals surface area contributed by atoms with Crippen LogP contribution in [0.1, 0.15) is 31.4 Å². The molecule has 40 heavy (non-hydrogen) atoms. The summed E-state index contributed by atoms with van der Waals surface area (Å²) in [6, 6.07) is 8.01. The molecule has 0 aliphatic carbocycles. The molecule has 3 aromatic heterocycles. The molecule has 0 radical (unpaired) electrons. The number of morpholine rings is 1. The molecule has 1 atom stereocenters. The highest BCUT2D eigenvalue weighted by Gasteiger charge is 2.40. The first-order chi connectivity index (χ1) is 19.3. The van der Waals surface area contributed by atoms with Gasteiger partial charge in [0.15, 0.2) is 17.0 Å². The fourth-order valence-corrected chi connectivity index (χ4v) is 5.86. The summed E-state index contributed by atoms with van der Waals surface area (Å²) in [7, 11) is 5.40. The third-order valence-corrected chi connectivity index (χ3v) is 7.97. The van der Waals surface area contributed by atoms with Gasteiger partial charge in [-0.05, 0) is 31.5 Å². The number of anilines is 1. The Morgan fingerprint density at radius 3 is 2.62 bits per heavy atom. The van der Waals surface area contributed by atoms with Crippen molar-refractivity contribution in [2.75, 3.05) is 64.9 Å². The Morgan fingerprint density at radius 1 is 1.10 bits per heavy atom. The van der Waals surface area contributed by atoms with Crippen LogP contribution in [-0.4, -0.2) is 110 Å². The van der Waals surface area contributed by atoms with Crippen LogP contribution in [0, 0.1) is 0 Å². The maximum atomic E-state index is 12.4. The molecule has 2 fully saturated rings. The van der Waals surface area contributed by atoms with Gasteiger partial charge in [0.05, 0.1) is 30.8 Å². The van der Waals surface area contributed by atoms with Crippen molar-refractivity contribution in [1.82, 2.24) is 38.9 Å². The molecule has 0 spiro atoms. The number of amides is 1. The third kappa shape index (κ3) is 4.59. The van der Waals surface area contributed by atoms with E-state index in [0.717, 1.165) is 42.1 Å². The van der Waals surface area contributed by atoms with Crippen molar-refractivity contribution in [1.29, 1.82) is 0 Å². The van der Waals surface area contributed by atoms with Gasteiger partial charge < -0.3 is 24.2 Å². The first kappa shape index (κ1) is 26.6. The number of ether oxygens (including phenoxy) is 1. The van der Waals surface area contributed by atoms with E-state index in [1.807, 2.05) is 45.3 Å².